The molecule has 0 spiro atoms. The lowest BCUT2D eigenvalue weighted by Crippen LogP contribution is -2.58. The maximum atomic E-state index is 13.3. The lowest BCUT2D eigenvalue weighted by Gasteiger charge is -2.57. The second-order valence-electron chi connectivity index (χ2n) is 11.7. The minimum Gasteiger partial charge on any atom is -0.463 e. The van der Waals surface area contributed by atoms with Crippen molar-refractivity contribution >= 4 is 17.9 Å². The van der Waals surface area contributed by atoms with Crippen LogP contribution in [0.2, 0.25) is 0 Å². The Bertz CT molecular complexity index is 824. The maximum Gasteiger partial charge on any atom is 0.376 e. The van der Waals surface area contributed by atoms with Crippen molar-refractivity contribution in [2.24, 2.45) is 40.9 Å². The molecule has 1 N–H and O–H groups in total. The van der Waals surface area contributed by atoms with Crippen molar-refractivity contribution in [1.82, 2.24) is 0 Å². The molecule has 6 atom stereocenters. The summed E-state index contributed by atoms with van der Waals surface area (Å²) >= 11 is 0. The number of esters is 3. The Morgan fingerprint density at radius 2 is 1.59 bits per heavy atom. The summed E-state index contributed by atoms with van der Waals surface area (Å²) in [5.74, 6) is -4.79. The molecular formula is C25H34F2O7. The number of ether oxygens (including phenoxy) is 3. The molecule has 6 bridgehead atoms. The van der Waals surface area contributed by atoms with E-state index in [0.29, 0.717) is 38.0 Å². The highest BCUT2D eigenvalue weighted by atomic mass is 19.3. The first-order chi connectivity index (χ1) is 16.0. The molecule has 0 aromatic rings. The average molecular weight is 485 g/mol. The van der Waals surface area contributed by atoms with Crippen LogP contribution in [0.25, 0.3) is 0 Å². The van der Waals surface area contributed by atoms with Crippen LogP contribution in [0.4, 0.5) is 8.78 Å². The van der Waals surface area contributed by atoms with E-state index in [1.54, 1.807) is 0 Å². The van der Waals surface area contributed by atoms with Gasteiger partial charge in [-0.05, 0) is 81.0 Å². The van der Waals surface area contributed by atoms with Gasteiger partial charge in [-0.15, -0.1) is 0 Å². The summed E-state index contributed by atoms with van der Waals surface area (Å²) in [6, 6.07) is 0. The van der Waals surface area contributed by atoms with E-state index in [9.17, 15) is 28.3 Å². The van der Waals surface area contributed by atoms with Crippen LogP contribution in [0.5, 0.6) is 0 Å². The minimum absolute atomic E-state index is 0.0739. The fourth-order valence-electron chi connectivity index (χ4n) is 7.84. The summed E-state index contributed by atoms with van der Waals surface area (Å²) in [7, 11) is 0. The standard InChI is InChI=1S/C25H34F2O7/c1-24(26,27)22(30)34-20-16-5-14-6-17(20)10-25(8-14,9-16)23(31)33-12-18(28)11-32-21(29)19-7-13-2-3-15(19)4-13/h13-20,28H,2-12H2,1H3. The third-order valence-electron chi connectivity index (χ3n) is 9.09. The summed E-state index contributed by atoms with van der Waals surface area (Å²) in [6.45, 7) is 0.0693. The molecule has 6 fully saturated rings. The van der Waals surface area contributed by atoms with E-state index in [0.717, 1.165) is 32.1 Å². The summed E-state index contributed by atoms with van der Waals surface area (Å²) in [5.41, 5.74) is -0.729. The molecule has 9 heteroatoms. The van der Waals surface area contributed by atoms with E-state index in [1.807, 2.05) is 0 Å². The van der Waals surface area contributed by atoms with E-state index in [4.69, 9.17) is 14.2 Å². The highest BCUT2D eigenvalue weighted by Crippen LogP contribution is 2.61. The van der Waals surface area contributed by atoms with Crippen LogP contribution in [0.15, 0.2) is 0 Å². The SMILES string of the molecule is CC(F)(F)C(=O)OC1C2CC3CC1CC(C(=O)OCC(O)COC(=O)C1CC4CCC1C4)(C3)C2. The van der Waals surface area contributed by atoms with Gasteiger partial charge in [0.15, 0.2) is 0 Å². The molecule has 190 valence electrons. The fraction of sp³-hybridized carbons (Fsp3) is 0.880. The van der Waals surface area contributed by atoms with Crippen molar-refractivity contribution < 1.29 is 42.5 Å². The van der Waals surface area contributed by atoms with Crippen molar-refractivity contribution in [1.29, 1.82) is 0 Å². The first-order valence-electron chi connectivity index (χ1n) is 12.6. The number of rotatable bonds is 8. The van der Waals surface area contributed by atoms with Gasteiger partial charge in [0, 0.05) is 6.92 Å². The van der Waals surface area contributed by atoms with Gasteiger partial charge in [0.25, 0.3) is 0 Å². The Balaban J connectivity index is 1.11. The zero-order valence-corrected chi connectivity index (χ0v) is 19.5. The fourth-order valence-corrected chi connectivity index (χ4v) is 7.84. The number of carbonyl (C=O) groups is 3. The zero-order valence-electron chi connectivity index (χ0n) is 19.5. The summed E-state index contributed by atoms with van der Waals surface area (Å²) in [6.07, 6.45) is 5.55. The Morgan fingerprint density at radius 1 is 0.941 bits per heavy atom. The van der Waals surface area contributed by atoms with Gasteiger partial charge >= 0.3 is 23.8 Å². The second-order valence-corrected chi connectivity index (χ2v) is 11.7. The molecule has 6 saturated carbocycles. The number of carbonyl (C=O) groups excluding carboxylic acids is 3. The number of fused-ring (bicyclic) bond motifs is 2. The molecule has 6 unspecified atom stereocenters. The maximum absolute atomic E-state index is 13.3. The number of halogens is 2. The summed E-state index contributed by atoms with van der Waals surface area (Å²) in [5, 5.41) is 10.2. The Labute approximate surface area is 197 Å². The average Bonchev–Trinajstić information content (AvgIpc) is 3.40. The molecule has 0 saturated heterocycles. The third kappa shape index (κ3) is 4.44. The van der Waals surface area contributed by atoms with Gasteiger partial charge in [-0.2, -0.15) is 8.78 Å². The van der Waals surface area contributed by atoms with Crippen LogP contribution >= 0.6 is 0 Å². The van der Waals surface area contributed by atoms with Crippen LogP contribution in [0.1, 0.15) is 64.7 Å². The minimum atomic E-state index is -3.54. The smallest absolute Gasteiger partial charge is 0.376 e. The van der Waals surface area contributed by atoms with Gasteiger partial charge in [0.2, 0.25) is 0 Å². The summed E-state index contributed by atoms with van der Waals surface area (Å²) < 4.78 is 42.7. The van der Waals surface area contributed by atoms with Crippen LogP contribution < -0.4 is 0 Å². The molecule has 6 rings (SSSR count). The zero-order chi connectivity index (χ0) is 24.3. The van der Waals surface area contributed by atoms with Gasteiger partial charge in [-0.25, -0.2) is 4.79 Å². The predicted octanol–water partition coefficient (Wildman–Crippen LogP) is 3.26. The van der Waals surface area contributed by atoms with Gasteiger partial charge in [0.05, 0.1) is 11.3 Å². The highest BCUT2D eigenvalue weighted by molar-refractivity contribution is 5.78. The molecule has 7 nitrogen and oxygen atoms in total. The van der Waals surface area contributed by atoms with E-state index in [1.165, 1.54) is 6.42 Å². The van der Waals surface area contributed by atoms with Gasteiger partial charge < -0.3 is 19.3 Å². The number of hydrogen-bond donors (Lipinski definition) is 1. The molecule has 6 aliphatic rings. The first kappa shape index (κ1) is 23.9. The molecule has 0 aromatic heterocycles. The van der Waals surface area contributed by atoms with E-state index in [2.05, 4.69) is 0 Å². The normalized spacial score (nSPS) is 40.8. The number of aliphatic hydroxyl groups is 1. The Kier molecular flexibility index (Phi) is 6.14. The lowest BCUT2D eigenvalue weighted by atomic mass is 9.48. The molecule has 0 heterocycles. The molecule has 34 heavy (non-hydrogen) atoms. The van der Waals surface area contributed by atoms with Crippen LogP contribution in [0, 0.1) is 40.9 Å². The number of alkyl halides is 2. The van der Waals surface area contributed by atoms with Crippen molar-refractivity contribution in [3.63, 3.8) is 0 Å². The third-order valence-corrected chi connectivity index (χ3v) is 9.09. The molecule has 6 aliphatic carbocycles. The quantitative estimate of drug-likeness (QED) is 0.417. The topological polar surface area (TPSA) is 99.1 Å². The van der Waals surface area contributed by atoms with Crippen molar-refractivity contribution in [3.8, 4) is 0 Å². The Hall–Kier alpha value is -1.77. The molecular weight excluding hydrogens is 450 g/mol. The van der Waals surface area contributed by atoms with Crippen molar-refractivity contribution in [3.05, 3.63) is 0 Å². The molecule has 0 radical (unpaired) electrons. The van der Waals surface area contributed by atoms with E-state index in [-0.39, 0.29) is 42.9 Å². The lowest BCUT2D eigenvalue weighted by molar-refractivity contribution is -0.208. The first-order valence-corrected chi connectivity index (χ1v) is 12.6. The van der Waals surface area contributed by atoms with Crippen molar-refractivity contribution in [2.75, 3.05) is 13.2 Å². The number of hydrogen-bond acceptors (Lipinski definition) is 7. The van der Waals surface area contributed by atoms with Gasteiger partial charge in [-0.1, -0.05) is 6.42 Å². The molecule has 0 aliphatic heterocycles. The highest BCUT2D eigenvalue weighted by Gasteiger charge is 2.61. The van der Waals surface area contributed by atoms with E-state index < -0.39 is 35.5 Å². The molecule has 0 aromatic carbocycles. The Morgan fingerprint density at radius 3 is 2.18 bits per heavy atom. The van der Waals surface area contributed by atoms with Gasteiger partial charge in [-0.3, -0.25) is 9.59 Å². The predicted molar refractivity (Wildman–Crippen MR) is 113 cm³/mol. The second kappa shape index (κ2) is 8.71. The molecule has 0 amide bonds. The van der Waals surface area contributed by atoms with Crippen LogP contribution in [0.3, 0.4) is 0 Å². The largest absolute Gasteiger partial charge is 0.463 e. The van der Waals surface area contributed by atoms with Gasteiger partial charge in [0.1, 0.15) is 25.4 Å². The van der Waals surface area contributed by atoms with E-state index >= 15 is 0 Å². The van der Waals surface area contributed by atoms with Crippen molar-refractivity contribution in [2.45, 2.75) is 82.8 Å². The van der Waals surface area contributed by atoms with Crippen LogP contribution in [-0.2, 0) is 28.6 Å². The number of aliphatic hydroxyl groups excluding tert-OH is 1. The summed E-state index contributed by atoms with van der Waals surface area (Å²) in [4.78, 5) is 37.2. The van der Waals surface area contributed by atoms with Crippen LogP contribution in [-0.4, -0.2) is 54.4 Å². The monoisotopic (exact) mass is 484 g/mol.